The van der Waals surface area contributed by atoms with Gasteiger partial charge < -0.3 is 9.84 Å². The maximum atomic E-state index is 12.3. The Bertz CT molecular complexity index is 1150. The molecule has 0 bridgehead atoms. The van der Waals surface area contributed by atoms with Crippen LogP contribution in [-0.2, 0) is 14.8 Å². The summed E-state index contributed by atoms with van der Waals surface area (Å²) >= 11 is 0. The third kappa shape index (κ3) is 4.98. The summed E-state index contributed by atoms with van der Waals surface area (Å²) in [5.74, 6) is 3.31. The average molecular weight is 575 g/mol. The normalized spacial score (nSPS) is 45.5. The molecule has 6 aliphatic rings. The van der Waals surface area contributed by atoms with Gasteiger partial charge in [-0.1, -0.05) is 50.5 Å². The molecule has 0 amide bonds. The smallest absolute Gasteiger partial charge is 0.211 e. The number of aliphatic hydroxyl groups excluding tert-OH is 1. The van der Waals surface area contributed by atoms with Gasteiger partial charge in [-0.2, -0.15) is 0 Å². The SMILES string of the molecule is CCCS(=O)(=O)NCCN1C[C@@H](C)C[C@H]2O[C@]3(CC[C@@H]4C(=C(C)C3)C[C@H]3[C@H]4CC=C4C[C@@H](O)CC[C@@]43C)[C@H](C)[C@@H]21. The number of hydrogen-bond donors (Lipinski definition) is 2. The van der Waals surface area contributed by atoms with Crippen molar-refractivity contribution < 1.29 is 18.3 Å². The van der Waals surface area contributed by atoms with Crippen LogP contribution in [0.3, 0.4) is 0 Å². The number of sulfonamides is 1. The quantitative estimate of drug-likeness (QED) is 0.414. The van der Waals surface area contributed by atoms with Crippen LogP contribution >= 0.6 is 0 Å². The van der Waals surface area contributed by atoms with Crippen molar-refractivity contribution in [3.8, 4) is 0 Å². The van der Waals surface area contributed by atoms with Gasteiger partial charge in [0.2, 0.25) is 10.0 Å². The molecule has 4 fully saturated rings. The van der Waals surface area contributed by atoms with Crippen molar-refractivity contribution in [3.05, 3.63) is 22.8 Å². The largest absolute Gasteiger partial charge is 0.393 e. The maximum absolute atomic E-state index is 12.3. The van der Waals surface area contributed by atoms with Crippen LogP contribution in [0.1, 0.15) is 98.8 Å². The molecular formula is C33H54N2O4S. The molecule has 0 aromatic rings. The molecule has 6 rings (SSSR count). The van der Waals surface area contributed by atoms with Crippen molar-refractivity contribution in [1.29, 1.82) is 0 Å². The van der Waals surface area contributed by atoms with Gasteiger partial charge in [0.15, 0.2) is 0 Å². The molecule has 0 aromatic carbocycles. The standard InChI is InChI=1S/C33H54N2O4S/c1-6-15-40(37,38)34-13-14-35-20-21(2)16-30-31(35)23(4)33(39-30)12-10-26-27-8-7-24-17-25(36)9-11-32(24,5)29(27)18-28(26)22(3)19-33/h7,21,23,25-27,29-31,34,36H,6,8-20H2,1-5H3/t21-,23+,25-,26-,27-,29-,30+,31-,32-,33-/m0/s1. The van der Waals surface area contributed by atoms with Crippen molar-refractivity contribution in [3.63, 3.8) is 0 Å². The maximum Gasteiger partial charge on any atom is 0.211 e. The lowest BCUT2D eigenvalue weighted by atomic mass is 9.56. The minimum atomic E-state index is -3.18. The summed E-state index contributed by atoms with van der Waals surface area (Å²) in [7, 11) is -3.18. The number of fused-ring (bicyclic) bond motifs is 6. The zero-order valence-corrected chi connectivity index (χ0v) is 26.4. The van der Waals surface area contributed by atoms with Crippen molar-refractivity contribution in [1.82, 2.24) is 9.62 Å². The van der Waals surface area contributed by atoms with E-state index >= 15 is 0 Å². The fourth-order valence-electron chi connectivity index (χ4n) is 10.5. The lowest BCUT2D eigenvalue weighted by molar-refractivity contribution is -0.0791. The summed E-state index contributed by atoms with van der Waals surface area (Å²) in [6.07, 6.45) is 13.2. The topological polar surface area (TPSA) is 78.9 Å². The predicted molar refractivity (Wildman–Crippen MR) is 160 cm³/mol. The van der Waals surface area contributed by atoms with Crippen molar-refractivity contribution in [2.45, 2.75) is 123 Å². The summed E-state index contributed by atoms with van der Waals surface area (Å²) in [6.45, 7) is 13.9. The van der Waals surface area contributed by atoms with Crippen LogP contribution in [0.25, 0.3) is 0 Å². The summed E-state index contributed by atoms with van der Waals surface area (Å²) in [6, 6.07) is 0.364. The van der Waals surface area contributed by atoms with Crippen LogP contribution in [-0.4, -0.2) is 67.7 Å². The van der Waals surface area contributed by atoms with Gasteiger partial charge in [0.1, 0.15) is 0 Å². The van der Waals surface area contributed by atoms with E-state index in [1.54, 1.807) is 16.7 Å². The lowest BCUT2D eigenvalue weighted by Crippen LogP contribution is -2.53. The molecule has 10 atom stereocenters. The molecule has 2 saturated carbocycles. The molecule has 7 heteroatoms. The highest BCUT2D eigenvalue weighted by Crippen LogP contribution is 2.63. The second-order valence-corrected chi connectivity index (χ2v) is 16.9. The molecule has 6 nitrogen and oxygen atoms in total. The number of rotatable bonds is 6. The monoisotopic (exact) mass is 574 g/mol. The first-order valence-corrected chi connectivity index (χ1v) is 18.1. The van der Waals surface area contributed by atoms with E-state index in [1.165, 1.54) is 19.3 Å². The molecule has 1 spiro atoms. The van der Waals surface area contributed by atoms with E-state index in [-0.39, 0.29) is 29.0 Å². The third-order valence-electron chi connectivity index (χ3n) is 12.5. The Hall–Kier alpha value is -0.730. The second-order valence-electron chi connectivity index (χ2n) is 14.9. The third-order valence-corrected chi connectivity index (χ3v) is 14.0. The number of allylic oxidation sites excluding steroid dienone is 2. The second kappa shape index (κ2) is 10.8. The van der Waals surface area contributed by atoms with Gasteiger partial charge in [-0.3, -0.25) is 4.90 Å². The van der Waals surface area contributed by atoms with E-state index in [0.717, 1.165) is 63.5 Å². The fraction of sp³-hybridized carbons (Fsp3) is 0.879. The summed E-state index contributed by atoms with van der Waals surface area (Å²) in [4.78, 5) is 2.56. The van der Waals surface area contributed by atoms with Gasteiger partial charge in [0.05, 0.1) is 23.6 Å². The van der Waals surface area contributed by atoms with Gasteiger partial charge >= 0.3 is 0 Å². The van der Waals surface area contributed by atoms with E-state index in [2.05, 4.69) is 43.4 Å². The highest BCUT2D eigenvalue weighted by Gasteiger charge is 2.59. The van der Waals surface area contributed by atoms with Crippen molar-refractivity contribution >= 4 is 10.0 Å². The van der Waals surface area contributed by atoms with E-state index in [9.17, 15) is 13.5 Å². The fourth-order valence-corrected chi connectivity index (χ4v) is 11.6. The molecule has 4 aliphatic carbocycles. The number of hydrogen-bond acceptors (Lipinski definition) is 5. The summed E-state index contributed by atoms with van der Waals surface area (Å²) < 4.78 is 34.6. The van der Waals surface area contributed by atoms with Crippen molar-refractivity contribution in [2.24, 2.45) is 35.0 Å². The van der Waals surface area contributed by atoms with E-state index in [0.29, 0.717) is 36.8 Å². The Morgan fingerprint density at radius 1 is 1.20 bits per heavy atom. The van der Waals surface area contributed by atoms with Gasteiger partial charge in [-0.25, -0.2) is 13.1 Å². The zero-order chi connectivity index (χ0) is 28.4. The molecule has 226 valence electrons. The summed E-state index contributed by atoms with van der Waals surface area (Å²) in [5, 5.41) is 10.4. The molecular weight excluding hydrogens is 520 g/mol. The Kier molecular flexibility index (Phi) is 7.90. The Morgan fingerprint density at radius 3 is 2.77 bits per heavy atom. The molecule has 0 unspecified atom stereocenters. The number of likely N-dealkylation sites (tertiary alicyclic amines) is 1. The highest BCUT2D eigenvalue weighted by molar-refractivity contribution is 7.89. The molecule has 0 aromatic heterocycles. The summed E-state index contributed by atoms with van der Waals surface area (Å²) in [5.41, 5.74) is 5.04. The molecule has 40 heavy (non-hydrogen) atoms. The Morgan fingerprint density at radius 2 is 2.00 bits per heavy atom. The minimum Gasteiger partial charge on any atom is -0.393 e. The van der Waals surface area contributed by atoms with Gasteiger partial charge in [-0.15, -0.1) is 0 Å². The highest BCUT2D eigenvalue weighted by atomic mass is 32.2. The van der Waals surface area contributed by atoms with E-state index in [1.807, 2.05) is 6.92 Å². The van der Waals surface area contributed by atoms with Crippen LogP contribution in [0.2, 0.25) is 0 Å². The Labute approximate surface area is 243 Å². The van der Waals surface area contributed by atoms with E-state index in [4.69, 9.17) is 4.74 Å². The van der Waals surface area contributed by atoms with Gasteiger partial charge in [0, 0.05) is 31.6 Å². The van der Waals surface area contributed by atoms with Crippen molar-refractivity contribution in [2.75, 3.05) is 25.4 Å². The van der Waals surface area contributed by atoms with Crippen LogP contribution in [0.5, 0.6) is 0 Å². The number of piperidine rings is 1. The van der Waals surface area contributed by atoms with E-state index < -0.39 is 10.0 Å². The first-order chi connectivity index (χ1) is 19.0. The molecule has 2 aliphatic heterocycles. The lowest BCUT2D eigenvalue weighted by Gasteiger charge is -2.49. The molecule has 2 saturated heterocycles. The number of nitrogens with zero attached hydrogens (tertiary/aromatic N) is 1. The first kappa shape index (κ1) is 29.3. The predicted octanol–water partition coefficient (Wildman–Crippen LogP) is 5.43. The molecule has 2 heterocycles. The molecule has 0 radical (unpaired) electrons. The Balaban J connectivity index is 1.20. The van der Waals surface area contributed by atoms with Crippen LogP contribution in [0, 0.1) is 35.0 Å². The zero-order valence-electron chi connectivity index (χ0n) is 25.6. The van der Waals surface area contributed by atoms with Crippen LogP contribution < -0.4 is 4.72 Å². The van der Waals surface area contributed by atoms with Crippen LogP contribution in [0.15, 0.2) is 22.8 Å². The number of ether oxygens (including phenoxy) is 1. The van der Waals surface area contributed by atoms with Gasteiger partial charge in [0.25, 0.3) is 0 Å². The molecule has 2 N–H and O–H groups in total. The minimum absolute atomic E-state index is 0.106. The average Bonchev–Trinajstić information content (AvgIpc) is 3.34. The first-order valence-electron chi connectivity index (χ1n) is 16.4. The van der Waals surface area contributed by atoms with Gasteiger partial charge in [-0.05, 0) is 100 Å². The number of nitrogens with one attached hydrogen (secondary N) is 1. The number of aliphatic hydroxyl groups is 1. The van der Waals surface area contributed by atoms with Crippen LogP contribution in [0.4, 0.5) is 0 Å².